The van der Waals surface area contributed by atoms with Crippen LogP contribution in [0.1, 0.15) is 16.8 Å². The van der Waals surface area contributed by atoms with E-state index in [1.165, 1.54) is 23.1 Å². The van der Waals surface area contributed by atoms with Crippen LogP contribution in [0.25, 0.3) is 0 Å². The monoisotopic (exact) mass is 299 g/mol. The fourth-order valence-corrected chi connectivity index (χ4v) is 3.89. The van der Waals surface area contributed by atoms with Crippen molar-refractivity contribution < 1.29 is 4.79 Å². The first kappa shape index (κ1) is 13.5. The number of amides is 1. The highest BCUT2D eigenvalue weighted by atomic mass is 32.2. The van der Waals surface area contributed by atoms with Crippen LogP contribution in [0.15, 0.2) is 21.9 Å². The number of aryl methyl sites for hydroxylation is 1. The first-order chi connectivity index (χ1) is 8.65. The molecule has 0 bridgehead atoms. The standard InChI is InChI=1S/C11H13N3OS3/c1-7(17-11-14-13-8(2)18-11)10(15)12-6-9-4-3-5-16-9/h3-5,7H,6H2,1-2H3,(H,12,15)/t7-/m0/s1. The fourth-order valence-electron chi connectivity index (χ4n) is 1.26. The number of nitrogens with one attached hydrogen (secondary N) is 1. The van der Waals surface area contributed by atoms with Gasteiger partial charge in [0.2, 0.25) is 5.91 Å². The van der Waals surface area contributed by atoms with Gasteiger partial charge in [-0.1, -0.05) is 29.2 Å². The molecule has 0 aliphatic heterocycles. The van der Waals surface area contributed by atoms with Gasteiger partial charge in [-0.05, 0) is 25.3 Å². The Bertz CT molecular complexity index is 509. The number of nitrogens with zero attached hydrogens (tertiary/aromatic N) is 2. The third-order valence-corrected chi connectivity index (χ3v) is 5.07. The SMILES string of the molecule is Cc1nnc(S[C@@H](C)C(=O)NCc2cccs2)s1. The Morgan fingerprint density at radius 2 is 2.39 bits per heavy atom. The molecular weight excluding hydrogens is 286 g/mol. The van der Waals surface area contributed by atoms with E-state index in [1.807, 2.05) is 31.4 Å². The molecule has 0 aromatic carbocycles. The van der Waals surface area contributed by atoms with Gasteiger partial charge < -0.3 is 5.32 Å². The molecule has 1 amide bonds. The third kappa shape index (κ3) is 3.79. The van der Waals surface area contributed by atoms with Crippen LogP contribution >= 0.6 is 34.4 Å². The summed E-state index contributed by atoms with van der Waals surface area (Å²) in [7, 11) is 0. The van der Waals surface area contributed by atoms with Crippen molar-refractivity contribution in [2.45, 2.75) is 30.0 Å². The maximum atomic E-state index is 11.9. The van der Waals surface area contributed by atoms with Crippen LogP contribution < -0.4 is 5.32 Å². The number of thioether (sulfide) groups is 1. The summed E-state index contributed by atoms with van der Waals surface area (Å²) < 4.78 is 0.839. The number of aromatic nitrogens is 2. The van der Waals surface area contributed by atoms with Gasteiger partial charge in [0.1, 0.15) is 5.01 Å². The lowest BCUT2D eigenvalue weighted by Crippen LogP contribution is -2.30. The van der Waals surface area contributed by atoms with E-state index in [0.29, 0.717) is 6.54 Å². The lowest BCUT2D eigenvalue weighted by molar-refractivity contribution is -0.120. The number of carbonyl (C=O) groups excluding carboxylic acids is 1. The first-order valence-corrected chi connectivity index (χ1v) is 7.99. The molecule has 18 heavy (non-hydrogen) atoms. The van der Waals surface area contributed by atoms with Crippen molar-refractivity contribution >= 4 is 40.3 Å². The highest BCUT2D eigenvalue weighted by molar-refractivity contribution is 8.02. The van der Waals surface area contributed by atoms with E-state index in [-0.39, 0.29) is 11.2 Å². The average molecular weight is 299 g/mol. The summed E-state index contributed by atoms with van der Waals surface area (Å²) in [5, 5.41) is 13.6. The number of hydrogen-bond donors (Lipinski definition) is 1. The van der Waals surface area contributed by atoms with E-state index in [4.69, 9.17) is 0 Å². The Labute approximate surface area is 118 Å². The van der Waals surface area contributed by atoms with Crippen molar-refractivity contribution in [1.29, 1.82) is 0 Å². The van der Waals surface area contributed by atoms with E-state index >= 15 is 0 Å². The zero-order valence-electron chi connectivity index (χ0n) is 10.0. The lowest BCUT2D eigenvalue weighted by Gasteiger charge is -2.09. The first-order valence-electron chi connectivity index (χ1n) is 5.42. The van der Waals surface area contributed by atoms with E-state index < -0.39 is 0 Å². The average Bonchev–Trinajstić information content (AvgIpc) is 2.97. The van der Waals surface area contributed by atoms with Crippen molar-refractivity contribution in [3.63, 3.8) is 0 Å². The molecule has 0 unspecified atom stereocenters. The smallest absolute Gasteiger partial charge is 0.233 e. The molecule has 0 radical (unpaired) electrons. The van der Waals surface area contributed by atoms with Crippen molar-refractivity contribution in [3.05, 3.63) is 27.4 Å². The maximum Gasteiger partial charge on any atom is 0.233 e. The minimum absolute atomic E-state index is 0.0289. The molecule has 96 valence electrons. The topological polar surface area (TPSA) is 54.9 Å². The van der Waals surface area contributed by atoms with E-state index in [9.17, 15) is 4.79 Å². The van der Waals surface area contributed by atoms with Gasteiger partial charge in [0.05, 0.1) is 11.8 Å². The zero-order chi connectivity index (χ0) is 13.0. The van der Waals surface area contributed by atoms with Crippen LogP contribution in [0.5, 0.6) is 0 Å². The molecule has 4 nitrogen and oxygen atoms in total. The minimum Gasteiger partial charge on any atom is -0.350 e. The summed E-state index contributed by atoms with van der Waals surface area (Å²) >= 11 is 4.60. The van der Waals surface area contributed by atoms with Crippen LogP contribution in [0.2, 0.25) is 0 Å². The highest BCUT2D eigenvalue weighted by Gasteiger charge is 2.16. The molecule has 7 heteroatoms. The molecule has 0 fully saturated rings. The molecule has 2 aromatic rings. The summed E-state index contributed by atoms with van der Waals surface area (Å²) in [5.74, 6) is 0.0289. The van der Waals surface area contributed by atoms with Gasteiger partial charge in [-0.2, -0.15) is 0 Å². The van der Waals surface area contributed by atoms with E-state index in [2.05, 4.69) is 15.5 Å². The second-order valence-corrected chi connectivity index (χ2v) is 7.45. The van der Waals surface area contributed by atoms with Gasteiger partial charge in [-0.3, -0.25) is 4.79 Å². The number of rotatable bonds is 5. The third-order valence-electron chi connectivity index (χ3n) is 2.17. The number of hydrogen-bond acceptors (Lipinski definition) is 6. The molecular formula is C11H13N3OS3. The Morgan fingerprint density at radius 1 is 1.56 bits per heavy atom. The van der Waals surface area contributed by atoms with Gasteiger partial charge >= 0.3 is 0 Å². The molecule has 1 N–H and O–H groups in total. The van der Waals surface area contributed by atoms with Gasteiger partial charge in [-0.25, -0.2) is 0 Å². The molecule has 2 aromatic heterocycles. The number of thiophene rings is 1. The van der Waals surface area contributed by atoms with E-state index in [0.717, 1.165) is 14.2 Å². The van der Waals surface area contributed by atoms with Gasteiger partial charge in [0.15, 0.2) is 4.34 Å². The van der Waals surface area contributed by atoms with Crippen LogP contribution in [-0.4, -0.2) is 21.4 Å². The molecule has 0 saturated carbocycles. The molecule has 0 spiro atoms. The van der Waals surface area contributed by atoms with Gasteiger partial charge in [-0.15, -0.1) is 21.5 Å². The van der Waals surface area contributed by atoms with Crippen molar-refractivity contribution in [3.8, 4) is 0 Å². The maximum absolute atomic E-state index is 11.9. The summed E-state index contributed by atoms with van der Waals surface area (Å²) in [5.41, 5.74) is 0. The van der Waals surface area contributed by atoms with Crippen LogP contribution in [0.4, 0.5) is 0 Å². The van der Waals surface area contributed by atoms with Gasteiger partial charge in [0, 0.05) is 4.88 Å². The highest BCUT2D eigenvalue weighted by Crippen LogP contribution is 2.26. The molecule has 0 aliphatic rings. The summed E-state index contributed by atoms with van der Waals surface area (Å²) in [6, 6.07) is 3.99. The predicted molar refractivity (Wildman–Crippen MR) is 76.1 cm³/mol. The molecule has 2 rings (SSSR count). The largest absolute Gasteiger partial charge is 0.350 e. The molecule has 0 saturated heterocycles. The lowest BCUT2D eigenvalue weighted by atomic mass is 10.4. The number of carbonyl (C=O) groups is 1. The Balaban J connectivity index is 1.81. The second-order valence-electron chi connectivity index (χ2n) is 3.64. The van der Waals surface area contributed by atoms with Crippen LogP contribution in [-0.2, 0) is 11.3 Å². The van der Waals surface area contributed by atoms with Crippen LogP contribution in [0.3, 0.4) is 0 Å². The van der Waals surface area contributed by atoms with Crippen molar-refractivity contribution in [2.75, 3.05) is 0 Å². The normalized spacial score (nSPS) is 12.3. The van der Waals surface area contributed by atoms with Crippen LogP contribution in [0, 0.1) is 6.92 Å². The zero-order valence-corrected chi connectivity index (χ0v) is 12.5. The quantitative estimate of drug-likeness (QED) is 0.863. The summed E-state index contributed by atoms with van der Waals surface area (Å²) in [6.45, 7) is 4.38. The predicted octanol–water partition coefficient (Wildman–Crippen LogP) is 2.71. The molecule has 1 atom stereocenters. The van der Waals surface area contributed by atoms with E-state index in [1.54, 1.807) is 11.3 Å². The molecule has 2 heterocycles. The fraction of sp³-hybridized carbons (Fsp3) is 0.364. The molecule has 0 aliphatic carbocycles. The van der Waals surface area contributed by atoms with Crippen molar-refractivity contribution in [1.82, 2.24) is 15.5 Å². The van der Waals surface area contributed by atoms with Gasteiger partial charge in [0.25, 0.3) is 0 Å². The Hall–Kier alpha value is -0.920. The minimum atomic E-state index is -0.155. The Kier molecular flexibility index (Phi) is 4.73. The summed E-state index contributed by atoms with van der Waals surface area (Å²) in [6.07, 6.45) is 0. The van der Waals surface area contributed by atoms with Crippen molar-refractivity contribution in [2.24, 2.45) is 0 Å². The second kappa shape index (κ2) is 6.31. The Morgan fingerprint density at radius 3 is 3.00 bits per heavy atom. The summed E-state index contributed by atoms with van der Waals surface area (Å²) in [4.78, 5) is 13.0.